The van der Waals surface area contributed by atoms with Crippen molar-refractivity contribution in [1.29, 1.82) is 0 Å². The van der Waals surface area contributed by atoms with Gasteiger partial charge in [-0.15, -0.1) is 0 Å². The molecule has 0 spiro atoms. The predicted octanol–water partition coefficient (Wildman–Crippen LogP) is -0.376. The first-order valence-corrected chi connectivity index (χ1v) is 5.17. The number of nitrogens with zero attached hydrogens (tertiary/aromatic N) is 1. The van der Waals surface area contributed by atoms with E-state index in [1.54, 1.807) is 19.0 Å². The molecule has 0 radical (unpaired) electrons. The fourth-order valence-electron chi connectivity index (χ4n) is 0.325. The highest BCUT2D eigenvalue weighted by molar-refractivity contribution is 7.80. The molecule has 90 valence electrons. The number of carbonyl (C=O) groups is 1. The second-order valence-electron chi connectivity index (χ2n) is 2.60. The van der Waals surface area contributed by atoms with E-state index < -0.39 is 16.4 Å². The Labute approximate surface area is 88.9 Å². The smallest absolute Gasteiger partial charge is 0.397 e. The average molecular weight is 241 g/mol. The molecule has 0 aliphatic rings. The monoisotopic (exact) mass is 241 g/mol. The maximum Gasteiger partial charge on any atom is 0.397 e. The first-order chi connectivity index (χ1) is 6.69. The molecule has 15 heavy (non-hydrogen) atoms. The van der Waals surface area contributed by atoms with Gasteiger partial charge < -0.3 is 10.0 Å². The number of carboxylic acids is 1. The molecule has 8 heteroatoms. The zero-order valence-electron chi connectivity index (χ0n) is 8.58. The quantitative estimate of drug-likeness (QED) is 0.499. The van der Waals surface area contributed by atoms with E-state index in [1.807, 2.05) is 0 Å². The molecule has 7 nitrogen and oxygen atoms in total. The minimum Gasteiger partial charge on any atom is -0.478 e. The zero-order chi connectivity index (χ0) is 12.5. The Kier molecular flexibility index (Phi) is 9.18. The summed E-state index contributed by atoms with van der Waals surface area (Å²) in [5.74, 6) is -0.981. The van der Waals surface area contributed by atoms with E-state index in [0.29, 0.717) is 6.54 Å². The third kappa shape index (κ3) is 24.6. The molecule has 0 atom stereocenters. The van der Waals surface area contributed by atoms with Gasteiger partial charge in [-0.1, -0.05) is 6.58 Å². The molecule has 0 unspecified atom stereocenters. The Morgan fingerprint density at radius 1 is 1.53 bits per heavy atom. The first kappa shape index (κ1) is 16.5. The molecular formula is C7H15NO6S. The summed E-state index contributed by atoms with van der Waals surface area (Å²) in [5, 5.41) is 7.60. The topological polar surface area (TPSA) is 104 Å². The highest BCUT2D eigenvalue weighted by Gasteiger charge is 2.02. The maximum atomic E-state index is 9.93. The Morgan fingerprint density at radius 3 is 2.13 bits per heavy atom. The van der Waals surface area contributed by atoms with Crippen molar-refractivity contribution in [2.24, 2.45) is 0 Å². The number of carboxylic acid groups (broad SMARTS) is 1. The Hall–Kier alpha value is -0.960. The minimum absolute atomic E-state index is 0.0220. The molecule has 0 amide bonds. The first-order valence-electron chi connectivity index (χ1n) is 3.81. The van der Waals surface area contributed by atoms with Crippen LogP contribution in [0.15, 0.2) is 12.7 Å². The summed E-state index contributed by atoms with van der Waals surface area (Å²) >= 11 is 0. The maximum absolute atomic E-state index is 9.93. The number of aliphatic carboxylic acids is 1. The van der Waals surface area contributed by atoms with E-state index >= 15 is 0 Å². The summed E-state index contributed by atoms with van der Waals surface area (Å²) in [6, 6.07) is 0. The van der Waals surface area contributed by atoms with Gasteiger partial charge in [0.15, 0.2) is 0 Å². The van der Waals surface area contributed by atoms with Gasteiger partial charge in [-0.05, 0) is 14.1 Å². The third-order valence-electron chi connectivity index (χ3n) is 0.945. The van der Waals surface area contributed by atoms with Gasteiger partial charge in [-0.25, -0.2) is 8.98 Å². The third-order valence-corrected chi connectivity index (χ3v) is 1.41. The fourth-order valence-corrected chi connectivity index (χ4v) is 0.610. The Balaban J connectivity index is 0. The zero-order valence-corrected chi connectivity index (χ0v) is 9.40. The lowest BCUT2D eigenvalue weighted by Crippen LogP contribution is -2.19. The molecule has 0 saturated carbocycles. The van der Waals surface area contributed by atoms with Gasteiger partial charge in [0.05, 0.1) is 6.61 Å². The van der Waals surface area contributed by atoms with E-state index in [9.17, 15) is 13.2 Å². The van der Waals surface area contributed by atoms with Crippen LogP contribution in [0.4, 0.5) is 0 Å². The van der Waals surface area contributed by atoms with Crippen LogP contribution in [0.25, 0.3) is 0 Å². The van der Waals surface area contributed by atoms with Crippen LogP contribution < -0.4 is 0 Å². The molecule has 0 bridgehead atoms. The fraction of sp³-hybridized carbons (Fsp3) is 0.571. The van der Waals surface area contributed by atoms with Gasteiger partial charge in [0.2, 0.25) is 0 Å². The summed E-state index contributed by atoms with van der Waals surface area (Å²) in [5.41, 5.74) is 0. The van der Waals surface area contributed by atoms with Crippen molar-refractivity contribution in [3.8, 4) is 0 Å². The van der Waals surface area contributed by atoms with Crippen LogP contribution in [-0.2, 0) is 19.4 Å². The van der Waals surface area contributed by atoms with Crippen molar-refractivity contribution >= 4 is 16.4 Å². The summed E-state index contributed by atoms with van der Waals surface area (Å²) in [6.45, 7) is 3.40. The second-order valence-corrected chi connectivity index (χ2v) is 3.69. The average Bonchev–Trinajstić information content (AvgIpc) is 2.02. The second kappa shape index (κ2) is 8.36. The Bertz CT molecular complexity index is 284. The molecule has 0 aromatic rings. The van der Waals surface area contributed by atoms with E-state index in [4.69, 9.17) is 9.66 Å². The van der Waals surface area contributed by atoms with Gasteiger partial charge in [-0.2, -0.15) is 8.42 Å². The van der Waals surface area contributed by atoms with Crippen LogP contribution in [-0.4, -0.2) is 56.2 Å². The van der Waals surface area contributed by atoms with Crippen LogP contribution in [0.2, 0.25) is 0 Å². The summed E-state index contributed by atoms with van der Waals surface area (Å²) in [7, 11) is -0.704. The SMILES string of the molecule is C=CC(=O)O.CN(C)CCOS(=O)(=O)O. The normalized spacial score (nSPS) is 10.4. The van der Waals surface area contributed by atoms with Gasteiger partial charge in [0.25, 0.3) is 0 Å². The molecular weight excluding hydrogens is 226 g/mol. The highest BCUT2D eigenvalue weighted by atomic mass is 32.3. The molecule has 0 fully saturated rings. The van der Waals surface area contributed by atoms with Crippen molar-refractivity contribution in [2.45, 2.75) is 0 Å². The number of rotatable bonds is 5. The molecule has 0 saturated heterocycles. The standard InChI is InChI=1S/C4H11NO4S.C3H4O2/c1-5(2)3-4-9-10(6,7)8;1-2-3(4)5/h3-4H2,1-2H3,(H,6,7,8);2H,1H2,(H,4,5). The molecule has 0 rings (SSSR count). The van der Waals surface area contributed by atoms with E-state index in [0.717, 1.165) is 6.08 Å². The van der Waals surface area contributed by atoms with Crippen LogP contribution in [0.3, 0.4) is 0 Å². The van der Waals surface area contributed by atoms with Crippen molar-refractivity contribution in [3.05, 3.63) is 12.7 Å². The highest BCUT2D eigenvalue weighted by Crippen LogP contribution is 1.85. The van der Waals surface area contributed by atoms with Gasteiger partial charge in [-0.3, -0.25) is 4.55 Å². The van der Waals surface area contributed by atoms with E-state index in [1.165, 1.54) is 0 Å². The van der Waals surface area contributed by atoms with Gasteiger partial charge >= 0.3 is 16.4 Å². The summed E-state index contributed by atoms with van der Waals surface area (Å²) in [4.78, 5) is 11.0. The lowest BCUT2D eigenvalue weighted by atomic mass is 10.6. The lowest BCUT2D eigenvalue weighted by molar-refractivity contribution is -0.131. The van der Waals surface area contributed by atoms with Gasteiger partial charge in [0, 0.05) is 12.6 Å². The lowest BCUT2D eigenvalue weighted by Gasteiger charge is -2.06. The summed E-state index contributed by atoms with van der Waals surface area (Å²) in [6.07, 6.45) is 0.833. The molecule has 0 aromatic heterocycles. The molecule has 0 aliphatic carbocycles. The van der Waals surface area contributed by atoms with Crippen LogP contribution in [0.5, 0.6) is 0 Å². The molecule has 2 N–H and O–H groups in total. The predicted molar refractivity (Wildman–Crippen MR) is 53.9 cm³/mol. The number of hydrogen-bond acceptors (Lipinski definition) is 5. The van der Waals surface area contributed by atoms with Crippen LogP contribution >= 0.6 is 0 Å². The number of hydrogen-bond donors (Lipinski definition) is 2. The van der Waals surface area contributed by atoms with E-state index in [-0.39, 0.29) is 6.61 Å². The van der Waals surface area contributed by atoms with Crippen molar-refractivity contribution in [3.63, 3.8) is 0 Å². The summed E-state index contributed by atoms with van der Waals surface area (Å²) < 4.78 is 31.9. The molecule has 0 heterocycles. The van der Waals surface area contributed by atoms with E-state index in [2.05, 4.69) is 10.8 Å². The largest absolute Gasteiger partial charge is 0.478 e. The van der Waals surface area contributed by atoms with Crippen LogP contribution in [0, 0.1) is 0 Å². The van der Waals surface area contributed by atoms with Gasteiger partial charge in [0.1, 0.15) is 0 Å². The van der Waals surface area contributed by atoms with Crippen LogP contribution in [0.1, 0.15) is 0 Å². The van der Waals surface area contributed by atoms with Crippen molar-refractivity contribution < 1.29 is 27.1 Å². The molecule has 0 aliphatic heterocycles. The van der Waals surface area contributed by atoms with Crippen molar-refractivity contribution in [1.82, 2.24) is 4.90 Å². The molecule has 0 aromatic carbocycles. The number of likely N-dealkylation sites (N-methyl/N-ethyl adjacent to an activating group) is 1. The Morgan fingerprint density at radius 2 is 1.93 bits per heavy atom. The van der Waals surface area contributed by atoms with Crippen molar-refractivity contribution in [2.75, 3.05) is 27.2 Å². The minimum atomic E-state index is -4.25.